The third-order valence-electron chi connectivity index (χ3n) is 3.91. The van der Waals surface area contributed by atoms with E-state index >= 15 is 0 Å². The summed E-state index contributed by atoms with van der Waals surface area (Å²) in [4.78, 5) is 0. The number of hydrogen-bond acceptors (Lipinski definition) is 2. The van der Waals surface area contributed by atoms with Gasteiger partial charge < -0.3 is 5.32 Å². The van der Waals surface area contributed by atoms with E-state index < -0.39 is 0 Å². The molecule has 0 amide bonds. The van der Waals surface area contributed by atoms with Crippen LogP contribution >= 0.6 is 0 Å². The highest BCUT2D eigenvalue weighted by Crippen LogP contribution is 2.26. The molecule has 0 aliphatic heterocycles. The maximum atomic E-state index is 4.76. The first-order valence-corrected chi connectivity index (χ1v) is 7.93. The second-order valence-corrected chi connectivity index (χ2v) is 5.49. The van der Waals surface area contributed by atoms with Gasteiger partial charge in [-0.1, -0.05) is 57.7 Å². The molecule has 0 aliphatic carbocycles. The van der Waals surface area contributed by atoms with Crippen LogP contribution in [0.4, 0.5) is 0 Å². The van der Waals surface area contributed by atoms with Crippen molar-refractivity contribution in [3.63, 3.8) is 0 Å². The third-order valence-corrected chi connectivity index (χ3v) is 3.91. The average molecular weight is 273 g/mol. The number of nitrogens with one attached hydrogen (secondary N) is 1. The number of hydrogen-bond donors (Lipinski definition) is 1. The molecule has 3 heteroatoms. The lowest BCUT2D eigenvalue weighted by Crippen LogP contribution is -2.21. The second-order valence-electron chi connectivity index (χ2n) is 5.49. The molecular weight excluding hydrogens is 246 g/mol. The normalized spacial score (nSPS) is 12.9. The number of benzene rings is 1. The zero-order chi connectivity index (χ0) is 14.4. The second kappa shape index (κ2) is 7.44. The fourth-order valence-electron chi connectivity index (χ4n) is 2.86. The minimum absolute atomic E-state index is 0.378. The fourth-order valence-corrected chi connectivity index (χ4v) is 2.86. The molecule has 1 aromatic heterocycles. The predicted octanol–water partition coefficient (Wildman–Crippen LogP) is 4.19. The molecule has 1 heterocycles. The zero-order valence-electron chi connectivity index (χ0n) is 13.0. The van der Waals surface area contributed by atoms with Gasteiger partial charge in [0.15, 0.2) is 0 Å². The molecule has 1 N–H and O–H groups in total. The highest BCUT2D eigenvalue weighted by atomic mass is 15.3. The number of rotatable bonds is 8. The highest BCUT2D eigenvalue weighted by Gasteiger charge is 2.17. The summed E-state index contributed by atoms with van der Waals surface area (Å²) in [5.74, 6) is 0. The van der Waals surface area contributed by atoms with E-state index in [9.17, 15) is 0 Å². The van der Waals surface area contributed by atoms with Crippen molar-refractivity contribution in [3.8, 4) is 0 Å². The lowest BCUT2D eigenvalue weighted by atomic mass is 10.0. The van der Waals surface area contributed by atoms with Gasteiger partial charge in [0, 0.05) is 12.4 Å². The van der Waals surface area contributed by atoms with Gasteiger partial charge >= 0.3 is 0 Å². The molecule has 2 aromatic rings. The van der Waals surface area contributed by atoms with Crippen molar-refractivity contribution in [1.29, 1.82) is 0 Å². The van der Waals surface area contributed by atoms with Gasteiger partial charge in [-0.3, -0.25) is 4.68 Å². The van der Waals surface area contributed by atoms with Gasteiger partial charge in [-0.2, -0.15) is 5.10 Å². The Hall–Kier alpha value is -1.35. The molecule has 20 heavy (non-hydrogen) atoms. The van der Waals surface area contributed by atoms with E-state index in [2.05, 4.69) is 43.4 Å². The van der Waals surface area contributed by atoms with Crippen LogP contribution in [0.3, 0.4) is 0 Å². The number of fused-ring (bicyclic) bond motifs is 1. The van der Waals surface area contributed by atoms with Gasteiger partial charge in [0.2, 0.25) is 0 Å². The third kappa shape index (κ3) is 3.40. The lowest BCUT2D eigenvalue weighted by molar-refractivity contribution is 0.470. The van der Waals surface area contributed by atoms with Crippen LogP contribution in [0.25, 0.3) is 10.9 Å². The van der Waals surface area contributed by atoms with Gasteiger partial charge in [-0.15, -0.1) is 0 Å². The Bertz CT molecular complexity index is 530. The summed E-state index contributed by atoms with van der Waals surface area (Å²) in [7, 11) is 2.03. The van der Waals surface area contributed by atoms with Crippen molar-refractivity contribution in [2.45, 2.75) is 52.0 Å². The van der Waals surface area contributed by atoms with Gasteiger partial charge in [0.05, 0.1) is 17.3 Å². The van der Waals surface area contributed by atoms with E-state index in [4.69, 9.17) is 5.10 Å². The molecule has 0 radical (unpaired) electrons. The number of aromatic nitrogens is 2. The molecule has 0 fully saturated rings. The van der Waals surface area contributed by atoms with Crippen molar-refractivity contribution >= 4 is 10.9 Å². The summed E-state index contributed by atoms with van der Waals surface area (Å²) < 4.78 is 2.00. The Morgan fingerprint density at radius 1 is 1.15 bits per heavy atom. The molecule has 1 aromatic carbocycles. The van der Waals surface area contributed by atoms with Gasteiger partial charge in [0.25, 0.3) is 0 Å². The Kier molecular flexibility index (Phi) is 5.60. The quantitative estimate of drug-likeness (QED) is 0.731. The Morgan fingerprint density at radius 3 is 2.70 bits per heavy atom. The van der Waals surface area contributed by atoms with E-state index in [0.717, 1.165) is 6.54 Å². The van der Waals surface area contributed by atoms with Crippen molar-refractivity contribution in [3.05, 3.63) is 30.0 Å². The van der Waals surface area contributed by atoms with Crippen molar-refractivity contribution < 1.29 is 0 Å². The van der Waals surface area contributed by atoms with Crippen LogP contribution < -0.4 is 5.32 Å². The minimum Gasteiger partial charge on any atom is -0.309 e. The molecule has 0 bridgehead atoms. The summed E-state index contributed by atoms with van der Waals surface area (Å²) in [6.45, 7) is 5.42. The van der Waals surface area contributed by atoms with Crippen LogP contribution in [0.2, 0.25) is 0 Å². The highest BCUT2D eigenvalue weighted by molar-refractivity contribution is 5.82. The van der Waals surface area contributed by atoms with E-state index in [-0.39, 0.29) is 0 Å². The summed E-state index contributed by atoms with van der Waals surface area (Å²) >= 11 is 0. The number of aryl methyl sites for hydroxylation is 1. The van der Waals surface area contributed by atoms with Gasteiger partial charge in [-0.05, 0) is 19.0 Å². The molecule has 0 aliphatic rings. The van der Waals surface area contributed by atoms with E-state index in [1.54, 1.807) is 0 Å². The lowest BCUT2D eigenvalue weighted by Gasteiger charge is -2.16. The Labute approximate surface area is 122 Å². The molecule has 0 saturated heterocycles. The summed E-state index contributed by atoms with van der Waals surface area (Å²) in [5, 5.41) is 9.66. The van der Waals surface area contributed by atoms with Crippen molar-refractivity contribution in [1.82, 2.24) is 15.1 Å². The number of para-hydroxylation sites is 1. The largest absolute Gasteiger partial charge is 0.309 e. The number of nitrogens with zero attached hydrogens (tertiary/aromatic N) is 2. The van der Waals surface area contributed by atoms with Crippen LogP contribution in [0, 0.1) is 0 Å². The molecule has 2 rings (SSSR count). The van der Waals surface area contributed by atoms with Crippen LogP contribution in [0.1, 0.15) is 57.7 Å². The van der Waals surface area contributed by atoms with E-state index in [1.807, 2.05) is 11.7 Å². The maximum Gasteiger partial charge on any atom is 0.0872 e. The Balaban J connectivity index is 2.18. The van der Waals surface area contributed by atoms with Gasteiger partial charge in [0.1, 0.15) is 0 Å². The first-order valence-electron chi connectivity index (χ1n) is 7.93. The summed E-state index contributed by atoms with van der Waals surface area (Å²) in [6.07, 6.45) is 6.40. The molecule has 1 atom stereocenters. The van der Waals surface area contributed by atoms with Gasteiger partial charge in [-0.25, -0.2) is 0 Å². The van der Waals surface area contributed by atoms with Crippen molar-refractivity contribution in [2.24, 2.45) is 7.05 Å². The van der Waals surface area contributed by atoms with Crippen LogP contribution in [-0.2, 0) is 7.05 Å². The van der Waals surface area contributed by atoms with Crippen LogP contribution in [0.5, 0.6) is 0 Å². The van der Waals surface area contributed by atoms with E-state index in [0.29, 0.717) is 6.04 Å². The number of unbranched alkanes of at least 4 members (excludes halogenated alkanes) is 3. The molecule has 0 saturated carbocycles. The molecule has 3 nitrogen and oxygen atoms in total. The van der Waals surface area contributed by atoms with E-state index in [1.165, 1.54) is 48.7 Å². The smallest absolute Gasteiger partial charge is 0.0872 e. The fraction of sp³-hybridized carbons (Fsp3) is 0.588. The maximum absolute atomic E-state index is 4.76. The van der Waals surface area contributed by atoms with Crippen LogP contribution in [0.15, 0.2) is 24.3 Å². The standard InChI is InChI=1S/C17H27N3/c1-4-6-7-8-12-15(18-5-2)17-14-11-9-10-13-16(14)20(3)19-17/h9-11,13,15,18H,4-8,12H2,1-3H3. The van der Waals surface area contributed by atoms with Crippen LogP contribution in [-0.4, -0.2) is 16.3 Å². The molecular formula is C17H27N3. The molecule has 110 valence electrons. The monoisotopic (exact) mass is 273 g/mol. The SMILES string of the molecule is CCCCCCC(NCC)c1nn(C)c2ccccc12. The average Bonchev–Trinajstić information content (AvgIpc) is 2.80. The van der Waals surface area contributed by atoms with Crippen molar-refractivity contribution in [2.75, 3.05) is 6.54 Å². The topological polar surface area (TPSA) is 29.9 Å². The zero-order valence-corrected chi connectivity index (χ0v) is 13.0. The predicted molar refractivity (Wildman–Crippen MR) is 85.9 cm³/mol. The summed E-state index contributed by atoms with van der Waals surface area (Å²) in [6, 6.07) is 8.90. The Morgan fingerprint density at radius 2 is 1.95 bits per heavy atom. The minimum atomic E-state index is 0.378. The molecule has 1 unspecified atom stereocenters. The summed E-state index contributed by atoms with van der Waals surface area (Å²) in [5.41, 5.74) is 2.43. The first-order chi connectivity index (χ1) is 9.77. The molecule has 0 spiro atoms. The first kappa shape index (κ1) is 15.0.